The first-order valence-electron chi connectivity index (χ1n) is 7.90. The van der Waals surface area contributed by atoms with E-state index in [1.807, 2.05) is 13.1 Å². The van der Waals surface area contributed by atoms with Gasteiger partial charge in [-0.05, 0) is 38.3 Å². The lowest BCUT2D eigenvalue weighted by Crippen LogP contribution is -2.30. The number of nitrogens with zero attached hydrogens (tertiary/aromatic N) is 3. The lowest BCUT2D eigenvalue weighted by atomic mass is 10.1. The molecule has 5 nitrogen and oxygen atoms in total. The van der Waals surface area contributed by atoms with E-state index in [4.69, 9.17) is 0 Å². The lowest BCUT2D eigenvalue weighted by molar-refractivity contribution is 0.573. The average molecular weight is 297 g/mol. The first-order chi connectivity index (χ1) is 10.7. The molecule has 1 saturated heterocycles. The maximum absolute atomic E-state index is 4.60. The first kappa shape index (κ1) is 14.6. The number of hydrogen-bond donors (Lipinski definition) is 2. The third-order valence-electron chi connectivity index (χ3n) is 3.94. The van der Waals surface area contributed by atoms with Crippen molar-refractivity contribution in [3.63, 3.8) is 0 Å². The highest BCUT2D eigenvalue weighted by atomic mass is 15.2. The Morgan fingerprint density at radius 3 is 2.41 bits per heavy atom. The number of piperidine rings is 1. The highest BCUT2D eigenvalue weighted by Crippen LogP contribution is 2.24. The summed E-state index contributed by atoms with van der Waals surface area (Å²) in [7, 11) is 1.85. The van der Waals surface area contributed by atoms with Crippen LogP contribution >= 0.6 is 0 Å². The minimum Gasteiger partial charge on any atom is -0.357 e. The largest absolute Gasteiger partial charge is 0.357 e. The van der Waals surface area contributed by atoms with E-state index in [-0.39, 0.29) is 0 Å². The summed E-state index contributed by atoms with van der Waals surface area (Å²) in [5.74, 6) is 2.47. The smallest absolute Gasteiger partial charge is 0.226 e. The molecule has 3 rings (SSSR count). The molecule has 2 aromatic rings. The molecule has 0 radical (unpaired) electrons. The van der Waals surface area contributed by atoms with Gasteiger partial charge in [-0.25, -0.2) is 0 Å². The fourth-order valence-corrected chi connectivity index (χ4v) is 2.68. The van der Waals surface area contributed by atoms with E-state index in [9.17, 15) is 0 Å². The molecule has 5 heteroatoms. The van der Waals surface area contributed by atoms with Crippen molar-refractivity contribution in [2.75, 3.05) is 35.7 Å². The average Bonchev–Trinajstić information content (AvgIpc) is 2.57. The Kier molecular flexibility index (Phi) is 4.42. The van der Waals surface area contributed by atoms with Gasteiger partial charge in [-0.1, -0.05) is 17.7 Å². The highest BCUT2D eigenvalue weighted by Gasteiger charge is 2.14. The van der Waals surface area contributed by atoms with Crippen LogP contribution in [-0.4, -0.2) is 30.1 Å². The Morgan fingerprint density at radius 1 is 1.00 bits per heavy atom. The molecule has 0 atom stereocenters. The molecule has 0 spiro atoms. The predicted octanol–water partition coefficient (Wildman–Crippen LogP) is 3.56. The molecule has 0 unspecified atom stereocenters. The van der Waals surface area contributed by atoms with Crippen LogP contribution in [0, 0.1) is 6.92 Å². The first-order valence-corrected chi connectivity index (χ1v) is 7.90. The van der Waals surface area contributed by atoms with E-state index in [1.165, 1.54) is 24.8 Å². The zero-order valence-corrected chi connectivity index (χ0v) is 13.3. The van der Waals surface area contributed by atoms with Crippen molar-refractivity contribution in [2.45, 2.75) is 26.2 Å². The summed E-state index contributed by atoms with van der Waals surface area (Å²) in [6.07, 6.45) is 3.79. The number of rotatable bonds is 4. The molecular formula is C17H23N5. The Balaban J connectivity index is 1.84. The number of aryl methyl sites for hydroxylation is 1. The van der Waals surface area contributed by atoms with Crippen LogP contribution in [0.25, 0.3) is 0 Å². The Bertz CT molecular complexity index is 617. The van der Waals surface area contributed by atoms with Gasteiger partial charge in [0, 0.05) is 31.9 Å². The number of hydrogen-bond acceptors (Lipinski definition) is 5. The van der Waals surface area contributed by atoms with Crippen LogP contribution in [0.1, 0.15) is 24.8 Å². The van der Waals surface area contributed by atoms with Gasteiger partial charge in [0.05, 0.1) is 0 Å². The van der Waals surface area contributed by atoms with Crippen LogP contribution in [0.4, 0.5) is 23.3 Å². The molecule has 116 valence electrons. The number of benzene rings is 1. The molecule has 0 saturated carbocycles. The van der Waals surface area contributed by atoms with Crippen LogP contribution < -0.4 is 15.5 Å². The second kappa shape index (κ2) is 6.64. The van der Waals surface area contributed by atoms with Gasteiger partial charge >= 0.3 is 0 Å². The van der Waals surface area contributed by atoms with E-state index in [0.717, 1.165) is 30.4 Å². The van der Waals surface area contributed by atoms with E-state index >= 15 is 0 Å². The second-order valence-corrected chi connectivity index (χ2v) is 5.72. The Hall–Kier alpha value is -2.30. The van der Waals surface area contributed by atoms with Crippen molar-refractivity contribution >= 4 is 23.3 Å². The van der Waals surface area contributed by atoms with Crippen LogP contribution in [0.5, 0.6) is 0 Å². The molecular weight excluding hydrogens is 274 g/mol. The normalized spacial score (nSPS) is 14.7. The van der Waals surface area contributed by atoms with Gasteiger partial charge in [-0.15, -0.1) is 0 Å². The zero-order chi connectivity index (χ0) is 15.4. The maximum Gasteiger partial charge on any atom is 0.226 e. The van der Waals surface area contributed by atoms with Crippen molar-refractivity contribution in [2.24, 2.45) is 0 Å². The van der Waals surface area contributed by atoms with Crippen molar-refractivity contribution in [3.8, 4) is 0 Å². The van der Waals surface area contributed by atoms with Crippen LogP contribution in [0.3, 0.4) is 0 Å². The number of nitrogens with one attached hydrogen (secondary N) is 2. The molecule has 2 N–H and O–H groups in total. The number of anilines is 4. The van der Waals surface area contributed by atoms with Crippen molar-refractivity contribution < 1.29 is 0 Å². The SMILES string of the molecule is CNc1nc(Nc2ccc(C)cc2)cc(N2CCCCC2)n1. The minimum absolute atomic E-state index is 0.651. The second-order valence-electron chi connectivity index (χ2n) is 5.72. The fourth-order valence-electron chi connectivity index (χ4n) is 2.68. The van der Waals surface area contributed by atoms with Crippen molar-refractivity contribution in [3.05, 3.63) is 35.9 Å². The van der Waals surface area contributed by atoms with Gasteiger partial charge in [0.15, 0.2) is 0 Å². The fraction of sp³-hybridized carbons (Fsp3) is 0.412. The standard InChI is InChI=1S/C17H23N5/c1-13-6-8-14(9-7-13)19-15-12-16(21-17(18-2)20-15)22-10-4-3-5-11-22/h6-9,12H,3-5,10-11H2,1-2H3,(H2,18,19,20,21). The molecule has 1 aliphatic rings. The lowest BCUT2D eigenvalue weighted by Gasteiger charge is -2.28. The molecule has 2 heterocycles. The highest BCUT2D eigenvalue weighted by molar-refractivity contribution is 5.62. The summed E-state index contributed by atoms with van der Waals surface area (Å²) in [6.45, 7) is 4.23. The molecule has 1 aromatic carbocycles. The van der Waals surface area contributed by atoms with Crippen LogP contribution in [0.15, 0.2) is 30.3 Å². The molecule has 1 aromatic heterocycles. The van der Waals surface area contributed by atoms with Gasteiger partial charge < -0.3 is 15.5 Å². The summed E-state index contributed by atoms with van der Waals surface area (Å²) < 4.78 is 0. The maximum atomic E-state index is 4.60. The quantitative estimate of drug-likeness (QED) is 0.903. The van der Waals surface area contributed by atoms with Crippen LogP contribution in [-0.2, 0) is 0 Å². The molecule has 22 heavy (non-hydrogen) atoms. The summed E-state index contributed by atoms with van der Waals surface area (Å²) in [4.78, 5) is 11.4. The summed E-state index contributed by atoms with van der Waals surface area (Å²) in [6, 6.07) is 10.3. The summed E-state index contributed by atoms with van der Waals surface area (Å²) in [5, 5.41) is 6.42. The molecule has 1 fully saturated rings. The van der Waals surface area contributed by atoms with E-state index < -0.39 is 0 Å². The number of aromatic nitrogens is 2. The van der Waals surface area contributed by atoms with E-state index in [2.05, 4.69) is 56.7 Å². The third-order valence-corrected chi connectivity index (χ3v) is 3.94. The monoisotopic (exact) mass is 297 g/mol. The summed E-state index contributed by atoms with van der Waals surface area (Å²) in [5.41, 5.74) is 2.29. The van der Waals surface area contributed by atoms with Crippen LogP contribution in [0.2, 0.25) is 0 Å². The van der Waals surface area contributed by atoms with Gasteiger partial charge in [0.2, 0.25) is 5.95 Å². The van der Waals surface area contributed by atoms with Gasteiger partial charge in [-0.2, -0.15) is 9.97 Å². The van der Waals surface area contributed by atoms with E-state index in [0.29, 0.717) is 5.95 Å². The Morgan fingerprint density at radius 2 is 1.73 bits per heavy atom. The molecule has 0 aliphatic carbocycles. The molecule has 0 bridgehead atoms. The Labute approximate surface area is 131 Å². The molecule has 1 aliphatic heterocycles. The predicted molar refractivity (Wildman–Crippen MR) is 92.1 cm³/mol. The van der Waals surface area contributed by atoms with Crippen molar-refractivity contribution in [1.29, 1.82) is 0 Å². The van der Waals surface area contributed by atoms with Gasteiger partial charge in [0.1, 0.15) is 11.6 Å². The van der Waals surface area contributed by atoms with E-state index in [1.54, 1.807) is 0 Å². The third kappa shape index (κ3) is 3.47. The molecule has 0 amide bonds. The topological polar surface area (TPSA) is 53.1 Å². The zero-order valence-electron chi connectivity index (χ0n) is 13.3. The van der Waals surface area contributed by atoms with Gasteiger partial charge in [-0.3, -0.25) is 0 Å². The minimum atomic E-state index is 0.651. The van der Waals surface area contributed by atoms with Crippen molar-refractivity contribution in [1.82, 2.24) is 9.97 Å². The summed E-state index contributed by atoms with van der Waals surface area (Å²) >= 11 is 0. The van der Waals surface area contributed by atoms with Gasteiger partial charge in [0.25, 0.3) is 0 Å².